The highest BCUT2D eigenvalue weighted by Crippen LogP contribution is 2.12. The van der Waals surface area contributed by atoms with E-state index >= 15 is 0 Å². The Morgan fingerprint density at radius 1 is 1.25 bits per heavy atom. The Labute approximate surface area is 162 Å². The smallest absolute Gasteiger partial charge is 0.191 e. The molecule has 2 aromatic rings. The van der Waals surface area contributed by atoms with Gasteiger partial charge in [0.05, 0.1) is 17.4 Å². The Morgan fingerprint density at radius 2 is 2.00 bits per heavy atom. The predicted molar refractivity (Wildman–Crippen MR) is 113 cm³/mol. The van der Waals surface area contributed by atoms with Crippen LogP contribution in [-0.2, 0) is 6.54 Å². The molecule has 1 aromatic heterocycles. The molecule has 2 N–H and O–H groups in total. The summed E-state index contributed by atoms with van der Waals surface area (Å²) in [4.78, 5) is 9.10. The van der Waals surface area contributed by atoms with Gasteiger partial charge in [-0.05, 0) is 38.3 Å². The van der Waals surface area contributed by atoms with Gasteiger partial charge in [-0.15, -0.1) is 24.0 Å². The molecule has 5 nitrogen and oxygen atoms in total. The number of rotatable bonds is 7. The second-order valence-electron chi connectivity index (χ2n) is 6.22. The fourth-order valence-electron chi connectivity index (χ4n) is 2.32. The molecule has 1 unspecified atom stereocenters. The molecule has 2 rings (SSSR count). The number of halogens is 1. The quantitative estimate of drug-likeness (QED) is 0.297. The molecule has 0 aliphatic rings. The molecule has 0 saturated carbocycles. The van der Waals surface area contributed by atoms with Crippen molar-refractivity contribution >= 4 is 41.0 Å². The number of aryl methyl sites for hydroxylation is 1. The summed E-state index contributed by atoms with van der Waals surface area (Å²) in [6.45, 7) is 11.3. The van der Waals surface area contributed by atoms with E-state index in [1.807, 2.05) is 18.5 Å². The number of nitrogens with zero attached hydrogens (tertiary/aromatic N) is 3. The van der Waals surface area contributed by atoms with Crippen molar-refractivity contribution in [2.75, 3.05) is 13.1 Å². The molecule has 0 amide bonds. The second kappa shape index (κ2) is 10.5. The van der Waals surface area contributed by atoms with Crippen LogP contribution < -0.4 is 10.6 Å². The number of benzene rings is 1. The van der Waals surface area contributed by atoms with Crippen LogP contribution >= 0.6 is 24.0 Å². The number of aromatic nitrogens is 2. The van der Waals surface area contributed by atoms with Crippen molar-refractivity contribution in [3.05, 3.63) is 30.6 Å². The summed E-state index contributed by atoms with van der Waals surface area (Å²) in [6, 6.07) is 8.64. The maximum atomic E-state index is 4.68. The topological polar surface area (TPSA) is 54.2 Å². The Balaban J connectivity index is 0.00000288. The van der Waals surface area contributed by atoms with Crippen molar-refractivity contribution in [2.45, 2.75) is 46.7 Å². The molecule has 1 atom stereocenters. The van der Waals surface area contributed by atoms with Gasteiger partial charge in [-0.3, -0.25) is 4.99 Å². The SMILES string of the molecule is CCNC(=NCCCn1cnc2ccccc21)NC(C)C(C)C.I. The molecule has 24 heavy (non-hydrogen) atoms. The van der Waals surface area contributed by atoms with E-state index in [0.29, 0.717) is 12.0 Å². The molecule has 1 heterocycles. The van der Waals surface area contributed by atoms with Gasteiger partial charge < -0.3 is 15.2 Å². The molecule has 0 radical (unpaired) electrons. The zero-order valence-electron chi connectivity index (χ0n) is 15.1. The number of para-hydroxylation sites is 2. The molecule has 1 aromatic carbocycles. The Bertz CT molecular complexity index is 635. The van der Waals surface area contributed by atoms with Crippen molar-refractivity contribution in [1.82, 2.24) is 20.2 Å². The summed E-state index contributed by atoms with van der Waals surface area (Å²) >= 11 is 0. The lowest BCUT2D eigenvalue weighted by Crippen LogP contribution is -2.44. The zero-order valence-corrected chi connectivity index (χ0v) is 17.5. The Morgan fingerprint density at radius 3 is 2.71 bits per heavy atom. The van der Waals surface area contributed by atoms with E-state index in [4.69, 9.17) is 0 Å². The van der Waals surface area contributed by atoms with Crippen LogP contribution in [0.5, 0.6) is 0 Å². The van der Waals surface area contributed by atoms with E-state index in [-0.39, 0.29) is 24.0 Å². The average molecular weight is 443 g/mol. The highest BCUT2D eigenvalue weighted by atomic mass is 127. The lowest BCUT2D eigenvalue weighted by atomic mass is 10.1. The maximum Gasteiger partial charge on any atom is 0.191 e. The first-order valence-corrected chi connectivity index (χ1v) is 8.56. The number of imidazole rings is 1. The summed E-state index contributed by atoms with van der Waals surface area (Å²) in [7, 11) is 0. The van der Waals surface area contributed by atoms with Gasteiger partial charge in [0.25, 0.3) is 0 Å². The lowest BCUT2D eigenvalue weighted by Gasteiger charge is -2.20. The van der Waals surface area contributed by atoms with Gasteiger partial charge in [0.2, 0.25) is 0 Å². The Hall–Kier alpha value is -1.31. The summed E-state index contributed by atoms with van der Waals surface area (Å²) in [5.41, 5.74) is 2.24. The fourth-order valence-corrected chi connectivity index (χ4v) is 2.32. The molecule has 0 aliphatic heterocycles. The van der Waals surface area contributed by atoms with Crippen molar-refractivity contribution in [2.24, 2.45) is 10.9 Å². The predicted octanol–water partition coefficient (Wildman–Crippen LogP) is 3.64. The van der Waals surface area contributed by atoms with Gasteiger partial charge in [0.1, 0.15) is 0 Å². The highest BCUT2D eigenvalue weighted by molar-refractivity contribution is 14.0. The summed E-state index contributed by atoms with van der Waals surface area (Å²) in [5.74, 6) is 1.49. The number of nitrogens with one attached hydrogen (secondary N) is 2. The van der Waals surface area contributed by atoms with Crippen LogP contribution in [0.4, 0.5) is 0 Å². The highest BCUT2D eigenvalue weighted by Gasteiger charge is 2.08. The van der Waals surface area contributed by atoms with E-state index in [2.05, 4.69) is 65.0 Å². The summed E-state index contributed by atoms with van der Waals surface area (Å²) in [6.07, 6.45) is 2.91. The van der Waals surface area contributed by atoms with Crippen molar-refractivity contribution in [3.8, 4) is 0 Å². The minimum Gasteiger partial charge on any atom is -0.357 e. The van der Waals surface area contributed by atoms with E-state index < -0.39 is 0 Å². The van der Waals surface area contributed by atoms with Crippen LogP contribution in [0.25, 0.3) is 11.0 Å². The van der Waals surface area contributed by atoms with Crippen molar-refractivity contribution in [3.63, 3.8) is 0 Å². The van der Waals surface area contributed by atoms with Gasteiger partial charge in [-0.25, -0.2) is 4.98 Å². The number of hydrogen-bond donors (Lipinski definition) is 2. The molecule has 134 valence electrons. The molecule has 0 spiro atoms. The molecule has 0 saturated heterocycles. The van der Waals surface area contributed by atoms with E-state index in [0.717, 1.165) is 37.5 Å². The number of guanidine groups is 1. The van der Waals surface area contributed by atoms with Gasteiger partial charge in [0.15, 0.2) is 5.96 Å². The van der Waals surface area contributed by atoms with E-state index in [1.54, 1.807) is 0 Å². The fraction of sp³-hybridized carbons (Fsp3) is 0.556. The maximum absolute atomic E-state index is 4.68. The molecule has 0 aliphatic carbocycles. The average Bonchev–Trinajstić information content (AvgIpc) is 2.94. The summed E-state index contributed by atoms with van der Waals surface area (Å²) < 4.78 is 2.20. The van der Waals surface area contributed by atoms with E-state index in [1.165, 1.54) is 5.52 Å². The van der Waals surface area contributed by atoms with Gasteiger partial charge >= 0.3 is 0 Å². The van der Waals surface area contributed by atoms with Gasteiger partial charge in [-0.1, -0.05) is 26.0 Å². The number of aliphatic imine (C=N–C) groups is 1. The van der Waals surface area contributed by atoms with Crippen LogP contribution in [-0.4, -0.2) is 34.6 Å². The van der Waals surface area contributed by atoms with Gasteiger partial charge in [-0.2, -0.15) is 0 Å². The standard InChI is InChI=1S/C18H29N5.HI/c1-5-19-18(22-15(4)14(2)3)20-11-8-12-23-13-21-16-9-6-7-10-17(16)23;/h6-7,9-10,13-15H,5,8,11-12H2,1-4H3,(H2,19,20,22);1H. The first kappa shape index (κ1) is 20.7. The minimum absolute atomic E-state index is 0. The van der Waals surface area contributed by atoms with Crippen molar-refractivity contribution in [1.29, 1.82) is 0 Å². The van der Waals surface area contributed by atoms with E-state index in [9.17, 15) is 0 Å². The van der Waals surface area contributed by atoms with Crippen LogP contribution in [0.3, 0.4) is 0 Å². The minimum atomic E-state index is 0. The van der Waals surface area contributed by atoms with Crippen LogP contribution in [0, 0.1) is 5.92 Å². The normalized spacial score (nSPS) is 13.0. The third kappa shape index (κ3) is 5.96. The summed E-state index contributed by atoms with van der Waals surface area (Å²) in [5, 5.41) is 6.77. The largest absolute Gasteiger partial charge is 0.357 e. The van der Waals surface area contributed by atoms with Crippen molar-refractivity contribution < 1.29 is 0 Å². The van der Waals surface area contributed by atoms with Crippen LogP contribution in [0.1, 0.15) is 34.1 Å². The molecular formula is C18H30IN5. The van der Waals surface area contributed by atoms with Crippen LogP contribution in [0.2, 0.25) is 0 Å². The molecular weight excluding hydrogens is 413 g/mol. The molecule has 0 fully saturated rings. The lowest BCUT2D eigenvalue weighted by molar-refractivity contribution is 0.480. The monoisotopic (exact) mass is 443 g/mol. The second-order valence-corrected chi connectivity index (χ2v) is 6.22. The Kier molecular flexibility index (Phi) is 9.10. The molecule has 6 heteroatoms. The third-order valence-electron chi connectivity index (χ3n) is 4.06. The number of hydrogen-bond acceptors (Lipinski definition) is 2. The third-order valence-corrected chi connectivity index (χ3v) is 4.06. The first-order chi connectivity index (χ1) is 11.1. The van der Waals surface area contributed by atoms with Crippen LogP contribution in [0.15, 0.2) is 35.6 Å². The number of fused-ring (bicyclic) bond motifs is 1. The first-order valence-electron chi connectivity index (χ1n) is 8.56. The van der Waals surface area contributed by atoms with Gasteiger partial charge in [0, 0.05) is 25.7 Å². The zero-order chi connectivity index (χ0) is 16.7. The molecule has 0 bridgehead atoms.